The second-order valence-electron chi connectivity index (χ2n) is 3.62. The van der Waals surface area contributed by atoms with E-state index in [2.05, 4.69) is 21.5 Å². The lowest BCUT2D eigenvalue weighted by molar-refractivity contribution is -0.121. The van der Waals surface area contributed by atoms with E-state index in [0.717, 1.165) is 12.8 Å². The van der Waals surface area contributed by atoms with Crippen molar-refractivity contribution in [1.82, 2.24) is 20.3 Å². The molecule has 7 heteroatoms. The lowest BCUT2D eigenvalue weighted by Gasteiger charge is -2.03. The van der Waals surface area contributed by atoms with Crippen LogP contribution in [0.15, 0.2) is 6.20 Å². The predicted molar refractivity (Wildman–Crippen MR) is 62.7 cm³/mol. The van der Waals surface area contributed by atoms with E-state index in [1.807, 2.05) is 0 Å². The van der Waals surface area contributed by atoms with Crippen LogP contribution in [0.1, 0.15) is 29.8 Å². The smallest absolute Gasteiger partial charge is 0.358 e. The summed E-state index contributed by atoms with van der Waals surface area (Å²) in [5.74, 6) is 1.11. The fourth-order valence-corrected chi connectivity index (χ4v) is 1.26. The molecule has 1 aromatic heterocycles. The maximum Gasteiger partial charge on any atom is 0.358 e. The highest BCUT2D eigenvalue weighted by molar-refractivity contribution is 5.84. The number of unbranched alkanes of at least 4 members (excludes halogenated alkanes) is 2. The van der Waals surface area contributed by atoms with Crippen LogP contribution in [0.4, 0.5) is 0 Å². The molecular weight excluding hydrogens is 236 g/mol. The second-order valence-corrected chi connectivity index (χ2v) is 3.62. The number of aromatic carboxylic acids is 1. The quantitative estimate of drug-likeness (QED) is 0.520. The maximum atomic E-state index is 11.4. The molecule has 2 N–H and O–H groups in total. The summed E-state index contributed by atoms with van der Waals surface area (Å²) in [4.78, 5) is 22.0. The Bertz CT molecular complexity index is 461. The fourth-order valence-electron chi connectivity index (χ4n) is 1.26. The van der Waals surface area contributed by atoms with Gasteiger partial charge in [-0.3, -0.25) is 4.79 Å². The average Bonchev–Trinajstić information content (AvgIpc) is 2.77. The molecule has 1 aromatic rings. The lowest BCUT2D eigenvalue weighted by Crippen LogP contribution is -2.28. The summed E-state index contributed by atoms with van der Waals surface area (Å²) in [5.41, 5.74) is -0.183. The van der Waals surface area contributed by atoms with E-state index in [-0.39, 0.29) is 18.1 Å². The van der Waals surface area contributed by atoms with Crippen LogP contribution in [0.3, 0.4) is 0 Å². The lowest BCUT2D eigenvalue weighted by atomic mass is 10.2. The number of carbonyl (C=O) groups is 2. The number of hydrogen-bond donors (Lipinski definition) is 2. The number of amides is 1. The minimum absolute atomic E-state index is 0.0462. The summed E-state index contributed by atoms with van der Waals surface area (Å²) in [6, 6.07) is 0. The van der Waals surface area contributed by atoms with Gasteiger partial charge in [0.25, 0.3) is 0 Å². The van der Waals surface area contributed by atoms with Gasteiger partial charge in [0.1, 0.15) is 6.54 Å². The molecule has 0 aliphatic heterocycles. The highest BCUT2D eigenvalue weighted by Crippen LogP contribution is 1.94. The molecule has 0 aliphatic carbocycles. The van der Waals surface area contributed by atoms with Crippen LogP contribution in [0, 0.1) is 12.3 Å². The molecule has 0 unspecified atom stereocenters. The molecule has 0 spiro atoms. The number of nitrogens with one attached hydrogen (secondary N) is 1. The molecule has 0 fully saturated rings. The first-order valence-electron chi connectivity index (χ1n) is 5.47. The largest absolute Gasteiger partial charge is 0.476 e. The minimum Gasteiger partial charge on any atom is -0.476 e. The van der Waals surface area contributed by atoms with E-state index in [0.29, 0.717) is 13.0 Å². The van der Waals surface area contributed by atoms with E-state index < -0.39 is 5.97 Å². The summed E-state index contributed by atoms with van der Waals surface area (Å²) in [5, 5.41) is 18.2. The van der Waals surface area contributed by atoms with Gasteiger partial charge in [-0.25, -0.2) is 9.48 Å². The number of carboxylic acid groups (broad SMARTS) is 1. The molecule has 0 atom stereocenters. The van der Waals surface area contributed by atoms with Crippen molar-refractivity contribution in [2.24, 2.45) is 0 Å². The van der Waals surface area contributed by atoms with Gasteiger partial charge in [0, 0.05) is 13.0 Å². The summed E-state index contributed by atoms with van der Waals surface area (Å²) in [7, 11) is 0. The van der Waals surface area contributed by atoms with Crippen molar-refractivity contribution in [3.05, 3.63) is 11.9 Å². The van der Waals surface area contributed by atoms with Crippen LogP contribution < -0.4 is 5.32 Å². The zero-order valence-corrected chi connectivity index (χ0v) is 9.80. The third kappa shape index (κ3) is 4.65. The third-order valence-electron chi connectivity index (χ3n) is 2.13. The van der Waals surface area contributed by atoms with Gasteiger partial charge in [-0.15, -0.1) is 17.4 Å². The number of nitrogens with zero attached hydrogens (tertiary/aromatic N) is 3. The van der Waals surface area contributed by atoms with Gasteiger partial charge < -0.3 is 10.4 Å². The molecule has 0 saturated carbocycles. The molecule has 0 aliphatic rings. The van der Waals surface area contributed by atoms with Gasteiger partial charge in [-0.2, -0.15) is 0 Å². The van der Waals surface area contributed by atoms with Crippen molar-refractivity contribution in [3.63, 3.8) is 0 Å². The van der Waals surface area contributed by atoms with E-state index in [1.54, 1.807) is 0 Å². The normalized spacial score (nSPS) is 9.72. The Morgan fingerprint density at radius 3 is 2.89 bits per heavy atom. The summed E-state index contributed by atoms with van der Waals surface area (Å²) >= 11 is 0. The number of terminal acetylenes is 1. The number of carbonyl (C=O) groups excluding carboxylic acids is 1. The van der Waals surface area contributed by atoms with E-state index in [4.69, 9.17) is 11.5 Å². The Balaban J connectivity index is 2.27. The third-order valence-corrected chi connectivity index (χ3v) is 2.13. The van der Waals surface area contributed by atoms with Gasteiger partial charge >= 0.3 is 5.97 Å². The fraction of sp³-hybridized carbons (Fsp3) is 0.455. The Morgan fingerprint density at radius 1 is 1.50 bits per heavy atom. The first kappa shape index (κ1) is 13.7. The van der Waals surface area contributed by atoms with Gasteiger partial charge in [-0.1, -0.05) is 5.21 Å². The number of rotatable bonds is 7. The molecule has 1 rings (SSSR count). The van der Waals surface area contributed by atoms with E-state index in [9.17, 15) is 9.59 Å². The van der Waals surface area contributed by atoms with E-state index in [1.165, 1.54) is 10.9 Å². The molecule has 96 valence electrons. The SMILES string of the molecule is C#CCCCCNC(=O)Cn1cc(C(=O)O)nn1. The maximum absolute atomic E-state index is 11.4. The molecule has 1 heterocycles. The zero-order valence-electron chi connectivity index (χ0n) is 9.80. The molecule has 18 heavy (non-hydrogen) atoms. The average molecular weight is 250 g/mol. The Morgan fingerprint density at radius 2 is 2.28 bits per heavy atom. The van der Waals surface area contributed by atoms with Crippen LogP contribution in [0.2, 0.25) is 0 Å². The standard InChI is InChI=1S/C11H14N4O3/c1-2-3-4-5-6-12-10(16)8-15-7-9(11(17)18)13-14-15/h1,7H,3-6,8H2,(H,12,16)(H,17,18). The zero-order chi connectivity index (χ0) is 13.4. The summed E-state index contributed by atoms with van der Waals surface area (Å²) in [6.45, 7) is 0.496. The van der Waals surface area contributed by atoms with Crippen LogP contribution in [0.25, 0.3) is 0 Å². The van der Waals surface area contributed by atoms with Gasteiger partial charge in [0.15, 0.2) is 5.69 Å². The van der Waals surface area contributed by atoms with Crippen molar-refractivity contribution in [1.29, 1.82) is 0 Å². The summed E-state index contributed by atoms with van der Waals surface area (Å²) < 4.78 is 1.18. The molecule has 0 aromatic carbocycles. The van der Waals surface area contributed by atoms with Crippen molar-refractivity contribution in [2.45, 2.75) is 25.8 Å². The number of carboxylic acids is 1. The minimum atomic E-state index is -1.17. The Hall–Kier alpha value is -2.36. The van der Waals surface area contributed by atoms with Crippen molar-refractivity contribution < 1.29 is 14.7 Å². The second kappa shape index (κ2) is 7.06. The van der Waals surface area contributed by atoms with Crippen LogP contribution in [0.5, 0.6) is 0 Å². The highest BCUT2D eigenvalue weighted by atomic mass is 16.4. The van der Waals surface area contributed by atoms with Crippen LogP contribution in [-0.4, -0.2) is 38.5 Å². The first-order chi connectivity index (χ1) is 8.63. The van der Waals surface area contributed by atoms with Crippen molar-refractivity contribution >= 4 is 11.9 Å². The van der Waals surface area contributed by atoms with Crippen LogP contribution in [-0.2, 0) is 11.3 Å². The molecule has 0 saturated heterocycles. The van der Waals surface area contributed by atoms with Gasteiger partial charge in [0.05, 0.1) is 6.20 Å². The Kier molecular flexibility index (Phi) is 5.38. The molecule has 0 bridgehead atoms. The first-order valence-corrected chi connectivity index (χ1v) is 5.47. The number of aromatic nitrogens is 3. The van der Waals surface area contributed by atoms with Crippen molar-refractivity contribution in [3.8, 4) is 12.3 Å². The summed E-state index contributed by atoms with van der Waals surface area (Å²) in [6.07, 6.45) is 8.68. The molecular formula is C11H14N4O3. The van der Waals surface area contributed by atoms with Gasteiger partial charge in [-0.05, 0) is 12.8 Å². The topological polar surface area (TPSA) is 97.1 Å². The van der Waals surface area contributed by atoms with Crippen LogP contribution >= 0.6 is 0 Å². The molecule has 0 radical (unpaired) electrons. The number of hydrogen-bond acceptors (Lipinski definition) is 4. The molecule has 7 nitrogen and oxygen atoms in total. The van der Waals surface area contributed by atoms with Gasteiger partial charge in [0.2, 0.25) is 5.91 Å². The van der Waals surface area contributed by atoms with E-state index >= 15 is 0 Å². The Labute approximate surface area is 104 Å². The monoisotopic (exact) mass is 250 g/mol. The predicted octanol–water partition coefficient (Wildman–Crippen LogP) is -0.104. The highest BCUT2D eigenvalue weighted by Gasteiger charge is 2.10. The van der Waals surface area contributed by atoms with Crippen molar-refractivity contribution in [2.75, 3.05) is 6.54 Å². The molecule has 1 amide bonds.